The average molecular weight is 408 g/mol. The number of nitriles is 1. The lowest BCUT2D eigenvalue weighted by atomic mass is 10.1. The van der Waals surface area contributed by atoms with E-state index in [-0.39, 0.29) is 35.0 Å². The Kier molecular flexibility index (Phi) is 5.16. The van der Waals surface area contributed by atoms with Gasteiger partial charge in [0, 0.05) is 0 Å². The highest BCUT2D eigenvalue weighted by Crippen LogP contribution is 2.37. The summed E-state index contributed by atoms with van der Waals surface area (Å²) in [7, 11) is -4.75. The van der Waals surface area contributed by atoms with Crippen molar-refractivity contribution in [1.29, 1.82) is 5.26 Å². The molecule has 0 spiro atoms. The molecule has 144 valence electrons. The van der Waals surface area contributed by atoms with Gasteiger partial charge in [0.25, 0.3) is 10.0 Å². The Morgan fingerprint density at radius 3 is 1.85 bits per heavy atom. The molecule has 0 aliphatic carbocycles. The van der Waals surface area contributed by atoms with E-state index in [9.17, 15) is 34.8 Å². The summed E-state index contributed by atoms with van der Waals surface area (Å²) in [5.41, 5.74) is -3.10. The van der Waals surface area contributed by atoms with Crippen molar-refractivity contribution >= 4 is 15.7 Å². The van der Waals surface area contributed by atoms with Gasteiger partial charge in [-0.1, -0.05) is 0 Å². The second-order valence-electron chi connectivity index (χ2n) is 5.49. The van der Waals surface area contributed by atoms with Crippen LogP contribution in [-0.4, -0.2) is 8.42 Å². The van der Waals surface area contributed by atoms with Crippen molar-refractivity contribution in [3.8, 4) is 6.07 Å². The Morgan fingerprint density at radius 2 is 1.44 bits per heavy atom. The van der Waals surface area contributed by atoms with E-state index in [1.54, 1.807) is 0 Å². The predicted molar refractivity (Wildman–Crippen MR) is 83.1 cm³/mol. The molecule has 0 saturated carbocycles. The van der Waals surface area contributed by atoms with Crippen LogP contribution < -0.4 is 4.72 Å². The first-order valence-corrected chi connectivity index (χ1v) is 8.55. The Morgan fingerprint density at radius 1 is 0.926 bits per heavy atom. The number of rotatable bonds is 3. The fraction of sp³-hybridized carbons (Fsp3) is 0.188. The third kappa shape index (κ3) is 4.71. The molecule has 0 saturated heterocycles. The first-order chi connectivity index (χ1) is 12.2. The number of hydrogen-bond acceptors (Lipinski definition) is 3. The van der Waals surface area contributed by atoms with Gasteiger partial charge < -0.3 is 0 Å². The number of sulfonamides is 1. The van der Waals surface area contributed by atoms with Crippen LogP contribution in [-0.2, 0) is 22.4 Å². The Labute approximate surface area is 150 Å². The summed E-state index contributed by atoms with van der Waals surface area (Å²) in [6, 6.07) is 5.64. The lowest BCUT2D eigenvalue weighted by Crippen LogP contribution is -2.18. The molecular formula is C16H10F6N2O2S. The molecule has 0 radical (unpaired) electrons. The van der Waals surface area contributed by atoms with Gasteiger partial charge in [-0.3, -0.25) is 4.72 Å². The van der Waals surface area contributed by atoms with Crippen molar-refractivity contribution in [3.63, 3.8) is 0 Å². The molecule has 2 rings (SSSR count). The number of halogens is 6. The summed E-state index contributed by atoms with van der Waals surface area (Å²) < 4.78 is 104. The number of benzene rings is 2. The van der Waals surface area contributed by atoms with E-state index in [1.165, 1.54) is 25.1 Å². The summed E-state index contributed by atoms with van der Waals surface area (Å²) in [6.45, 7) is 1.42. The smallest absolute Gasteiger partial charge is 0.279 e. The van der Waals surface area contributed by atoms with Gasteiger partial charge in [0.1, 0.15) is 0 Å². The number of nitrogens with zero attached hydrogens (tertiary/aromatic N) is 1. The second kappa shape index (κ2) is 6.77. The van der Waals surface area contributed by atoms with Gasteiger partial charge >= 0.3 is 12.4 Å². The molecule has 0 heterocycles. The molecule has 27 heavy (non-hydrogen) atoms. The lowest BCUT2D eigenvalue weighted by molar-refractivity contribution is -0.143. The Bertz CT molecular complexity index is 988. The first kappa shape index (κ1) is 20.6. The van der Waals surface area contributed by atoms with E-state index < -0.39 is 38.4 Å². The van der Waals surface area contributed by atoms with Gasteiger partial charge in [0.2, 0.25) is 0 Å². The monoisotopic (exact) mass is 408 g/mol. The summed E-state index contributed by atoms with van der Waals surface area (Å²) in [6.07, 6.45) is -10.3. The van der Waals surface area contributed by atoms with Crippen LogP contribution in [0.15, 0.2) is 41.3 Å². The molecule has 0 aliphatic rings. The number of alkyl halides is 6. The normalized spacial score (nSPS) is 12.5. The zero-order valence-electron chi connectivity index (χ0n) is 13.4. The number of anilines is 1. The predicted octanol–water partition coefficient (Wildman–Crippen LogP) is 4.71. The zero-order valence-corrected chi connectivity index (χ0v) is 14.2. The topological polar surface area (TPSA) is 70.0 Å². The largest absolute Gasteiger partial charge is 0.416 e. The molecule has 0 atom stereocenters. The van der Waals surface area contributed by atoms with E-state index in [2.05, 4.69) is 0 Å². The molecule has 0 amide bonds. The van der Waals surface area contributed by atoms with Crippen molar-refractivity contribution in [2.75, 3.05) is 4.72 Å². The molecule has 0 aliphatic heterocycles. The van der Waals surface area contributed by atoms with Crippen LogP contribution in [0.4, 0.5) is 32.0 Å². The third-order valence-electron chi connectivity index (χ3n) is 3.47. The van der Waals surface area contributed by atoms with Crippen molar-refractivity contribution in [2.45, 2.75) is 24.2 Å². The summed E-state index contributed by atoms with van der Waals surface area (Å²) in [4.78, 5) is -1.19. The quantitative estimate of drug-likeness (QED) is 0.749. The van der Waals surface area contributed by atoms with Gasteiger partial charge in [0.05, 0.1) is 33.3 Å². The molecule has 0 unspecified atom stereocenters. The van der Waals surface area contributed by atoms with Crippen molar-refractivity contribution < 1.29 is 34.8 Å². The maximum atomic E-state index is 12.9. The minimum atomic E-state index is -5.17. The lowest BCUT2D eigenvalue weighted by Gasteiger charge is -2.16. The van der Waals surface area contributed by atoms with Crippen molar-refractivity contribution in [3.05, 3.63) is 58.7 Å². The van der Waals surface area contributed by atoms with Gasteiger partial charge in [-0.05, 0) is 48.9 Å². The maximum absolute atomic E-state index is 12.9. The number of hydrogen-bond donors (Lipinski definition) is 1. The highest BCUT2D eigenvalue weighted by molar-refractivity contribution is 7.92. The minimum absolute atomic E-state index is 0.0834. The highest BCUT2D eigenvalue weighted by Gasteiger charge is 2.38. The van der Waals surface area contributed by atoms with Crippen LogP contribution in [0.5, 0.6) is 0 Å². The van der Waals surface area contributed by atoms with Gasteiger partial charge in [-0.15, -0.1) is 0 Å². The molecule has 2 aromatic rings. The Hall–Kier alpha value is -2.74. The Balaban J connectivity index is 2.57. The molecule has 11 heteroatoms. The van der Waals surface area contributed by atoms with Crippen LogP contribution in [0.1, 0.15) is 22.3 Å². The maximum Gasteiger partial charge on any atom is 0.416 e. The zero-order chi connectivity index (χ0) is 20.6. The van der Waals surface area contributed by atoms with E-state index in [1.807, 2.05) is 10.8 Å². The van der Waals surface area contributed by atoms with E-state index in [0.717, 1.165) is 0 Å². The standard InChI is InChI=1S/C16H10F6N2O2S/c1-9-4-10(8-23)2-3-14(9)24-27(25,26)13-6-11(15(17,18)19)5-12(7-13)16(20,21)22/h2-7,24H,1H3. The molecule has 0 aromatic heterocycles. The van der Waals surface area contributed by atoms with Gasteiger partial charge in [-0.2, -0.15) is 31.6 Å². The van der Waals surface area contributed by atoms with Crippen molar-refractivity contribution in [2.24, 2.45) is 0 Å². The SMILES string of the molecule is Cc1cc(C#N)ccc1NS(=O)(=O)c1cc(C(F)(F)F)cc(C(F)(F)F)c1. The molecular weight excluding hydrogens is 398 g/mol. The van der Waals surface area contributed by atoms with Crippen molar-refractivity contribution in [1.82, 2.24) is 0 Å². The van der Waals surface area contributed by atoms with Crippen LogP contribution in [0.3, 0.4) is 0 Å². The molecule has 2 aromatic carbocycles. The van der Waals surface area contributed by atoms with Crippen LogP contribution in [0, 0.1) is 18.3 Å². The summed E-state index contributed by atoms with van der Waals surface area (Å²) >= 11 is 0. The fourth-order valence-corrected chi connectivity index (χ4v) is 3.33. The molecule has 0 bridgehead atoms. The van der Waals surface area contributed by atoms with E-state index >= 15 is 0 Å². The molecule has 4 nitrogen and oxygen atoms in total. The van der Waals surface area contributed by atoms with E-state index in [4.69, 9.17) is 5.26 Å². The second-order valence-corrected chi connectivity index (χ2v) is 7.17. The van der Waals surface area contributed by atoms with E-state index in [0.29, 0.717) is 0 Å². The number of aryl methyl sites for hydroxylation is 1. The third-order valence-corrected chi connectivity index (χ3v) is 4.82. The fourth-order valence-electron chi connectivity index (χ4n) is 2.13. The summed E-state index contributed by atoms with van der Waals surface area (Å²) in [5, 5.41) is 8.78. The minimum Gasteiger partial charge on any atom is -0.279 e. The molecule has 0 fully saturated rings. The van der Waals surface area contributed by atoms with Gasteiger partial charge in [-0.25, -0.2) is 8.42 Å². The van der Waals surface area contributed by atoms with Crippen LogP contribution >= 0.6 is 0 Å². The van der Waals surface area contributed by atoms with Crippen LogP contribution in [0.25, 0.3) is 0 Å². The van der Waals surface area contributed by atoms with Crippen LogP contribution in [0.2, 0.25) is 0 Å². The first-order valence-electron chi connectivity index (χ1n) is 7.07. The highest BCUT2D eigenvalue weighted by atomic mass is 32.2. The summed E-state index contributed by atoms with van der Waals surface area (Å²) in [5.74, 6) is 0. The average Bonchev–Trinajstić information content (AvgIpc) is 2.54. The molecule has 1 N–H and O–H groups in total. The number of nitrogens with one attached hydrogen (secondary N) is 1. The van der Waals surface area contributed by atoms with Gasteiger partial charge in [0.15, 0.2) is 0 Å².